The van der Waals surface area contributed by atoms with Crippen LogP contribution in [0.2, 0.25) is 0 Å². The Kier molecular flexibility index (Phi) is 4.07. The van der Waals surface area contributed by atoms with E-state index in [1.165, 1.54) is 25.1 Å². The maximum absolute atomic E-state index is 12.5. The van der Waals surface area contributed by atoms with Gasteiger partial charge < -0.3 is 19.5 Å². The van der Waals surface area contributed by atoms with Gasteiger partial charge in [-0.2, -0.15) is 0 Å². The number of aromatic nitrogens is 1. The third kappa shape index (κ3) is 2.85. The summed E-state index contributed by atoms with van der Waals surface area (Å²) in [6, 6.07) is 5.05. The second kappa shape index (κ2) is 5.92. The fourth-order valence-electron chi connectivity index (χ4n) is 3.22. The van der Waals surface area contributed by atoms with Gasteiger partial charge in [-0.15, -0.1) is 0 Å². The number of ether oxygens (including phenoxy) is 1. The van der Waals surface area contributed by atoms with Crippen LogP contribution in [0, 0.1) is 10.1 Å². The number of hydrogen-bond acceptors (Lipinski definition) is 6. The van der Waals surface area contributed by atoms with Crippen LogP contribution in [0.15, 0.2) is 41.3 Å². The van der Waals surface area contributed by atoms with Gasteiger partial charge >= 0.3 is 5.97 Å². The zero-order valence-corrected chi connectivity index (χ0v) is 14.9. The van der Waals surface area contributed by atoms with E-state index in [4.69, 9.17) is 4.74 Å². The van der Waals surface area contributed by atoms with Gasteiger partial charge in [-0.1, -0.05) is 0 Å². The Bertz CT molecular complexity index is 1010. The number of nitrogens with zero attached hydrogens (tertiary/aromatic N) is 2. The summed E-state index contributed by atoms with van der Waals surface area (Å²) in [5.74, 6) is -0.969. The molecule has 3 rings (SSSR count). The summed E-state index contributed by atoms with van der Waals surface area (Å²) in [5.41, 5.74) is -3.57. The predicted molar refractivity (Wildman–Crippen MR) is 94.2 cm³/mol. The molecule has 2 heterocycles. The van der Waals surface area contributed by atoms with Crippen molar-refractivity contribution in [2.45, 2.75) is 38.0 Å². The summed E-state index contributed by atoms with van der Waals surface area (Å²) in [4.78, 5) is 34.4. The molecule has 1 aliphatic rings. The molecule has 1 aromatic carbocycles. The van der Waals surface area contributed by atoms with Gasteiger partial charge in [-0.25, -0.2) is 4.79 Å². The molecule has 9 heteroatoms. The number of carbonyl (C=O) groups is 1. The van der Waals surface area contributed by atoms with Crippen molar-refractivity contribution in [3.8, 4) is 5.75 Å². The highest BCUT2D eigenvalue weighted by molar-refractivity contribution is 5.87. The van der Waals surface area contributed by atoms with Crippen molar-refractivity contribution in [3.63, 3.8) is 0 Å². The SMILES string of the molecule is CC1(C)Oc2ccc([N+](=O)[O-])cc2C(n2cc(C(=O)O)ccc2=O)C1(C)O. The Hall–Kier alpha value is -3.20. The first-order valence-corrected chi connectivity index (χ1v) is 8.11. The highest BCUT2D eigenvalue weighted by Gasteiger charge is 2.54. The van der Waals surface area contributed by atoms with Crippen LogP contribution >= 0.6 is 0 Å². The first-order valence-electron chi connectivity index (χ1n) is 8.11. The Morgan fingerprint density at radius 2 is 1.93 bits per heavy atom. The zero-order chi connectivity index (χ0) is 20.1. The maximum atomic E-state index is 12.5. The second-order valence-electron chi connectivity index (χ2n) is 7.11. The molecule has 9 nitrogen and oxygen atoms in total. The van der Waals surface area contributed by atoms with Gasteiger partial charge in [0.2, 0.25) is 0 Å². The zero-order valence-electron chi connectivity index (χ0n) is 14.9. The summed E-state index contributed by atoms with van der Waals surface area (Å²) >= 11 is 0. The molecule has 1 aliphatic heterocycles. The van der Waals surface area contributed by atoms with Crippen molar-refractivity contribution in [1.29, 1.82) is 0 Å². The lowest BCUT2D eigenvalue weighted by Gasteiger charge is -2.49. The van der Waals surface area contributed by atoms with E-state index in [-0.39, 0.29) is 22.6 Å². The van der Waals surface area contributed by atoms with E-state index in [1.807, 2.05) is 0 Å². The van der Waals surface area contributed by atoms with Crippen LogP contribution in [0.4, 0.5) is 5.69 Å². The van der Waals surface area contributed by atoms with Crippen LogP contribution < -0.4 is 10.3 Å². The fraction of sp³-hybridized carbons (Fsp3) is 0.333. The van der Waals surface area contributed by atoms with Gasteiger partial charge in [0.1, 0.15) is 17.0 Å². The average molecular weight is 374 g/mol. The van der Waals surface area contributed by atoms with Gasteiger partial charge in [0.15, 0.2) is 0 Å². The topological polar surface area (TPSA) is 132 Å². The van der Waals surface area contributed by atoms with Crippen molar-refractivity contribution in [1.82, 2.24) is 4.57 Å². The van der Waals surface area contributed by atoms with Gasteiger partial charge in [0, 0.05) is 30.0 Å². The molecule has 0 spiro atoms. The minimum Gasteiger partial charge on any atom is -0.484 e. The molecule has 0 amide bonds. The fourth-order valence-corrected chi connectivity index (χ4v) is 3.22. The first kappa shape index (κ1) is 18.6. The summed E-state index contributed by atoms with van der Waals surface area (Å²) in [6.45, 7) is 4.69. The number of aliphatic hydroxyl groups is 1. The molecule has 27 heavy (non-hydrogen) atoms. The predicted octanol–water partition coefficient (Wildman–Crippen LogP) is 1.97. The summed E-state index contributed by atoms with van der Waals surface area (Å²) in [5, 5.41) is 31.7. The monoisotopic (exact) mass is 374 g/mol. The van der Waals surface area contributed by atoms with Crippen molar-refractivity contribution >= 4 is 11.7 Å². The molecule has 2 unspecified atom stereocenters. The number of nitro groups is 1. The third-order valence-electron chi connectivity index (χ3n) is 5.08. The minimum absolute atomic E-state index is 0.151. The third-order valence-corrected chi connectivity index (χ3v) is 5.08. The van der Waals surface area contributed by atoms with Gasteiger partial charge in [0.05, 0.1) is 16.5 Å². The van der Waals surface area contributed by atoms with Crippen LogP contribution in [0.1, 0.15) is 42.7 Å². The Morgan fingerprint density at radius 3 is 2.52 bits per heavy atom. The molecule has 0 saturated carbocycles. The number of rotatable bonds is 3. The van der Waals surface area contributed by atoms with E-state index in [1.54, 1.807) is 13.8 Å². The number of fused-ring (bicyclic) bond motifs is 1. The molecule has 0 saturated heterocycles. The van der Waals surface area contributed by atoms with E-state index in [0.29, 0.717) is 0 Å². The molecule has 0 bridgehead atoms. The normalized spacial score (nSPS) is 23.2. The summed E-state index contributed by atoms with van der Waals surface area (Å²) in [6.07, 6.45) is 1.12. The summed E-state index contributed by atoms with van der Waals surface area (Å²) in [7, 11) is 0. The smallest absolute Gasteiger partial charge is 0.337 e. The Balaban J connectivity index is 2.35. The number of carboxylic acid groups (broad SMARTS) is 1. The largest absolute Gasteiger partial charge is 0.484 e. The van der Waals surface area contributed by atoms with Crippen molar-refractivity contribution in [2.75, 3.05) is 0 Å². The number of benzene rings is 1. The molecule has 0 fully saturated rings. The minimum atomic E-state index is -1.68. The Labute approximate surface area is 153 Å². The number of non-ortho nitro benzene ring substituents is 1. The highest BCUT2D eigenvalue weighted by Crippen LogP contribution is 2.48. The lowest BCUT2D eigenvalue weighted by atomic mass is 9.75. The van der Waals surface area contributed by atoms with E-state index in [9.17, 15) is 29.9 Å². The summed E-state index contributed by atoms with van der Waals surface area (Å²) < 4.78 is 6.91. The van der Waals surface area contributed by atoms with Crippen molar-refractivity contribution < 1.29 is 24.7 Å². The molecule has 0 aliphatic carbocycles. The first-order chi connectivity index (χ1) is 12.5. The van der Waals surface area contributed by atoms with Crippen molar-refractivity contribution in [2.24, 2.45) is 0 Å². The van der Waals surface area contributed by atoms with Gasteiger partial charge in [-0.05, 0) is 32.9 Å². The number of pyridine rings is 1. The van der Waals surface area contributed by atoms with Crippen LogP contribution in [0.5, 0.6) is 5.75 Å². The van der Waals surface area contributed by atoms with Crippen LogP contribution in [-0.4, -0.2) is 36.9 Å². The number of carboxylic acids is 1. The molecule has 2 N–H and O–H groups in total. The lowest BCUT2D eigenvalue weighted by Crippen LogP contribution is -2.60. The van der Waals surface area contributed by atoms with Crippen molar-refractivity contribution in [3.05, 3.63) is 68.1 Å². The quantitative estimate of drug-likeness (QED) is 0.620. The molecule has 142 valence electrons. The van der Waals surface area contributed by atoms with E-state index < -0.39 is 33.7 Å². The van der Waals surface area contributed by atoms with E-state index >= 15 is 0 Å². The molecule has 0 radical (unpaired) electrons. The average Bonchev–Trinajstić information content (AvgIpc) is 2.56. The van der Waals surface area contributed by atoms with E-state index in [0.717, 1.165) is 22.9 Å². The molecular formula is C18H18N2O7. The number of hydrogen-bond donors (Lipinski definition) is 2. The van der Waals surface area contributed by atoms with Gasteiger partial charge in [-0.3, -0.25) is 14.9 Å². The van der Waals surface area contributed by atoms with Crippen LogP contribution in [0.3, 0.4) is 0 Å². The van der Waals surface area contributed by atoms with Crippen LogP contribution in [-0.2, 0) is 0 Å². The maximum Gasteiger partial charge on any atom is 0.337 e. The van der Waals surface area contributed by atoms with Crippen LogP contribution in [0.25, 0.3) is 0 Å². The number of nitro benzene ring substituents is 1. The molecular weight excluding hydrogens is 356 g/mol. The van der Waals surface area contributed by atoms with E-state index in [2.05, 4.69) is 0 Å². The molecule has 2 atom stereocenters. The molecule has 1 aromatic heterocycles. The lowest BCUT2D eigenvalue weighted by molar-refractivity contribution is -0.385. The number of aromatic carboxylic acids is 1. The molecule has 2 aromatic rings. The van der Waals surface area contributed by atoms with Gasteiger partial charge in [0.25, 0.3) is 11.2 Å². The highest BCUT2D eigenvalue weighted by atomic mass is 16.6. The second-order valence-corrected chi connectivity index (χ2v) is 7.11. The standard InChI is InChI=1S/C18H18N2O7/c1-17(2)18(3,24)15(19-9-10(16(22)23)4-7-14(19)21)12-8-11(20(25)26)5-6-13(12)27-17/h4-9,15,24H,1-3H3,(H,22,23). The Morgan fingerprint density at radius 1 is 1.26 bits per heavy atom.